The van der Waals surface area contributed by atoms with Crippen molar-refractivity contribution in [1.29, 1.82) is 0 Å². The first kappa shape index (κ1) is 10.5. The van der Waals surface area contributed by atoms with Crippen molar-refractivity contribution in [2.45, 2.75) is 11.8 Å². The number of hydrogen-bond donors (Lipinski definition) is 1. The summed E-state index contributed by atoms with van der Waals surface area (Å²) in [6.07, 6.45) is 1.14. The van der Waals surface area contributed by atoms with Gasteiger partial charge in [-0.3, -0.25) is 0 Å². The predicted octanol–water partition coefficient (Wildman–Crippen LogP) is 1.74. The van der Waals surface area contributed by atoms with Crippen LogP contribution in [0, 0.1) is 6.92 Å². The van der Waals surface area contributed by atoms with E-state index in [1.54, 1.807) is 12.1 Å². The van der Waals surface area contributed by atoms with Crippen LogP contribution in [0.25, 0.3) is 0 Å². The highest BCUT2D eigenvalue weighted by Crippen LogP contribution is 2.28. The quantitative estimate of drug-likeness (QED) is 0.786. The highest BCUT2D eigenvalue weighted by atomic mass is 79.9. The third kappa shape index (κ3) is 2.22. The van der Waals surface area contributed by atoms with Gasteiger partial charge in [0.1, 0.15) is 0 Å². The number of nitrogens with two attached hydrogens (primary N) is 1. The van der Waals surface area contributed by atoms with Crippen LogP contribution in [0.5, 0.6) is 0 Å². The lowest BCUT2D eigenvalue weighted by Crippen LogP contribution is -2.03. The first-order valence-electron chi connectivity index (χ1n) is 3.58. The van der Waals surface area contributed by atoms with Crippen LogP contribution in [0.3, 0.4) is 0 Å². The molecule has 1 aromatic rings. The molecule has 0 saturated heterocycles. The normalized spacial score (nSPS) is 11.6. The van der Waals surface area contributed by atoms with Crippen LogP contribution in [-0.2, 0) is 9.84 Å². The van der Waals surface area contributed by atoms with Crippen LogP contribution in [-0.4, -0.2) is 14.7 Å². The molecule has 1 aromatic carbocycles. The van der Waals surface area contributed by atoms with Crippen molar-refractivity contribution in [2.24, 2.45) is 0 Å². The molecule has 0 bridgehead atoms. The molecule has 0 aromatic heterocycles. The monoisotopic (exact) mass is 263 g/mol. The summed E-state index contributed by atoms with van der Waals surface area (Å²) in [5, 5.41) is 0. The van der Waals surface area contributed by atoms with Crippen LogP contribution in [0.2, 0.25) is 0 Å². The van der Waals surface area contributed by atoms with Gasteiger partial charge in [-0.2, -0.15) is 0 Å². The second-order valence-electron chi connectivity index (χ2n) is 2.93. The van der Waals surface area contributed by atoms with Gasteiger partial charge in [0.25, 0.3) is 0 Å². The molecule has 0 spiro atoms. The molecule has 13 heavy (non-hydrogen) atoms. The zero-order valence-corrected chi connectivity index (χ0v) is 9.74. The van der Waals surface area contributed by atoms with E-state index in [0.717, 1.165) is 11.8 Å². The molecule has 1 rings (SSSR count). The Hall–Kier alpha value is -0.550. The first-order chi connectivity index (χ1) is 5.82. The number of hydrogen-bond acceptors (Lipinski definition) is 3. The SMILES string of the molecule is Cc1cc(Br)c(N)c(S(C)(=O)=O)c1. The molecule has 72 valence electrons. The Morgan fingerprint density at radius 2 is 1.92 bits per heavy atom. The molecule has 0 amide bonds. The lowest BCUT2D eigenvalue weighted by atomic mass is 10.2. The molecular weight excluding hydrogens is 254 g/mol. The highest BCUT2D eigenvalue weighted by molar-refractivity contribution is 9.10. The molecule has 0 radical (unpaired) electrons. The fraction of sp³-hybridized carbons (Fsp3) is 0.250. The molecule has 3 nitrogen and oxygen atoms in total. The van der Waals surface area contributed by atoms with Gasteiger partial charge in [0.05, 0.1) is 10.6 Å². The molecule has 0 unspecified atom stereocenters. The van der Waals surface area contributed by atoms with Gasteiger partial charge in [0, 0.05) is 10.7 Å². The van der Waals surface area contributed by atoms with E-state index in [1.807, 2.05) is 6.92 Å². The van der Waals surface area contributed by atoms with E-state index >= 15 is 0 Å². The van der Waals surface area contributed by atoms with E-state index in [4.69, 9.17) is 5.73 Å². The van der Waals surface area contributed by atoms with Crippen molar-refractivity contribution in [3.63, 3.8) is 0 Å². The van der Waals surface area contributed by atoms with E-state index < -0.39 is 9.84 Å². The van der Waals surface area contributed by atoms with E-state index in [2.05, 4.69) is 15.9 Å². The Bertz CT molecular complexity index is 440. The number of nitrogen functional groups attached to an aromatic ring is 1. The topological polar surface area (TPSA) is 60.2 Å². The van der Waals surface area contributed by atoms with Gasteiger partial charge in [-0.15, -0.1) is 0 Å². The Balaban J connectivity index is 3.56. The molecule has 0 atom stereocenters. The minimum Gasteiger partial charge on any atom is -0.397 e. The van der Waals surface area contributed by atoms with Crippen LogP contribution in [0.4, 0.5) is 5.69 Å². The molecule has 5 heteroatoms. The van der Waals surface area contributed by atoms with E-state index in [1.165, 1.54) is 0 Å². The summed E-state index contributed by atoms with van der Waals surface area (Å²) >= 11 is 3.20. The maximum atomic E-state index is 11.3. The Kier molecular flexibility index (Phi) is 2.68. The van der Waals surface area contributed by atoms with E-state index in [9.17, 15) is 8.42 Å². The van der Waals surface area contributed by atoms with Gasteiger partial charge in [-0.1, -0.05) is 0 Å². The predicted molar refractivity (Wildman–Crippen MR) is 56.4 cm³/mol. The van der Waals surface area contributed by atoms with Gasteiger partial charge in [0.15, 0.2) is 9.84 Å². The van der Waals surface area contributed by atoms with E-state index in [0.29, 0.717) is 4.47 Å². The van der Waals surface area contributed by atoms with Crippen molar-refractivity contribution in [3.05, 3.63) is 22.2 Å². The summed E-state index contributed by atoms with van der Waals surface area (Å²) in [5.74, 6) is 0. The number of halogens is 1. The first-order valence-corrected chi connectivity index (χ1v) is 6.26. The number of aryl methyl sites for hydroxylation is 1. The highest BCUT2D eigenvalue weighted by Gasteiger charge is 2.13. The lowest BCUT2D eigenvalue weighted by Gasteiger charge is -2.06. The third-order valence-electron chi connectivity index (χ3n) is 1.64. The number of benzene rings is 1. The fourth-order valence-electron chi connectivity index (χ4n) is 1.03. The molecule has 0 saturated carbocycles. The molecular formula is C8H10BrNO2S. The zero-order chi connectivity index (χ0) is 10.2. The zero-order valence-electron chi connectivity index (χ0n) is 7.33. The Morgan fingerprint density at radius 1 is 1.38 bits per heavy atom. The maximum absolute atomic E-state index is 11.3. The number of rotatable bonds is 1. The summed E-state index contributed by atoms with van der Waals surface area (Å²) in [4.78, 5) is 0.180. The van der Waals surface area contributed by atoms with Crippen LogP contribution >= 0.6 is 15.9 Å². The van der Waals surface area contributed by atoms with Crippen LogP contribution in [0.1, 0.15) is 5.56 Å². The van der Waals surface area contributed by atoms with Crippen molar-refractivity contribution in [2.75, 3.05) is 12.0 Å². The van der Waals surface area contributed by atoms with E-state index in [-0.39, 0.29) is 10.6 Å². The van der Waals surface area contributed by atoms with Crippen molar-refractivity contribution in [1.82, 2.24) is 0 Å². The average molecular weight is 264 g/mol. The van der Waals surface area contributed by atoms with Gasteiger partial charge < -0.3 is 5.73 Å². The summed E-state index contributed by atoms with van der Waals surface area (Å²) in [7, 11) is -3.23. The third-order valence-corrected chi connectivity index (χ3v) is 3.43. The van der Waals surface area contributed by atoms with Gasteiger partial charge in [0.2, 0.25) is 0 Å². The smallest absolute Gasteiger partial charge is 0.177 e. The largest absolute Gasteiger partial charge is 0.397 e. The Morgan fingerprint density at radius 3 is 2.38 bits per heavy atom. The van der Waals surface area contributed by atoms with Crippen LogP contribution < -0.4 is 5.73 Å². The summed E-state index contributed by atoms with van der Waals surface area (Å²) < 4.78 is 23.1. The molecule has 0 aliphatic carbocycles. The molecule has 2 N–H and O–H groups in total. The standard InChI is InChI=1S/C8H10BrNO2S/c1-5-3-6(9)8(10)7(4-5)13(2,11)12/h3-4H,10H2,1-2H3. The Labute approximate surface area is 86.0 Å². The van der Waals surface area contributed by atoms with Gasteiger partial charge >= 0.3 is 0 Å². The second-order valence-corrected chi connectivity index (χ2v) is 5.77. The molecule has 0 aliphatic heterocycles. The maximum Gasteiger partial charge on any atom is 0.177 e. The fourth-order valence-corrected chi connectivity index (χ4v) is 2.64. The summed E-state index contributed by atoms with van der Waals surface area (Å²) in [6, 6.07) is 3.35. The van der Waals surface area contributed by atoms with Gasteiger partial charge in [-0.25, -0.2) is 8.42 Å². The summed E-state index contributed by atoms with van der Waals surface area (Å²) in [6.45, 7) is 1.82. The number of anilines is 1. The minimum absolute atomic E-state index is 0.180. The average Bonchev–Trinajstić information content (AvgIpc) is 1.94. The molecule has 0 fully saturated rings. The number of sulfone groups is 1. The minimum atomic E-state index is -3.23. The second kappa shape index (κ2) is 3.31. The van der Waals surface area contributed by atoms with Crippen molar-refractivity contribution >= 4 is 31.5 Å². The lowest BCUT2D eigenvalue weighted by molar-refractivity contribution is 0.602. The van der Waals surface area contributed by atoms with Gasteiger partial charge in [-0.05, 0) is 40.5 Å². The van der Waals surface area contributed by atoms with Crippen molar-refractivity contribution < 1.29 is 8.42 Å². The van der Waals surface area contributed by atoms with Crippen molar-refractivity contribution in [3.8, 4) is 0 Å². The van der Waals surface area contributed by atoms with Crippen LogP contribution in [0.15, 0.2) is 21.5 Å². The summed E-state index contributed by atoms with van der Waals surface area (Å²) in [5.41, 5.74) is 6.75. The molecule has 0 aliphatic rings. The molecule has 0 heterocycles.